The summed E-state index contributed by atoms with van der Waals surface area (Å²) in [4.78, 5) is 0. The third kappa shape index (κ3) is 2.65. The summed E-state index contributed by atoms with van der Waals surface area (Å²) in [6.45, 7) is 13.6. The van der Waals surface area contributed by atoms with Crippen LogP contribution >= 0.6 is 0 Å². The van der Waals surface area contributed by atoms with Crippen LogP contribution in [0.3, 0.4) is 0 Å². The van der Waals surface area contributed by atoms with Crippen LogP contribution in [-0.4, -0.2) is 0 Å². The van der Waals surface area contributed by atoms with Crippen LogP contribution in [0.1, 0.15) is 61.8 Å². The lowest BCUT2D eigenvalue weighted by molar-refractivity contribution is 0.852. The Hall–Kier alpha value is -1.56. The van der Waals surface area contributed by atoms with Crippen molar-refractivity contribution in [1.29, 1.82) is 0 Å². The Labute approximate surface area is 123 Å². The van der Waals surface area contributed by atoms with Crippen LogP contribution in [0.2, 0.25) is 0 Å². The Bertz CT molecular complexity index is 603. The molecule has 0 radical (unpaired) electrons. The molecular weight excluding hydrogens is 240 g/mol. The molecule has 2 aromatic rings. The van der Waals surface area contributed by atoms with Crippen molar-refractivity contribution in [3.63, 3.8) is 0 Å². The van der Waals surface area contributed by atoms with Gasteiger partial charge in [-0.3, -0.25) is 0 Å². The summed E-state index contributed by atoms with van der Waals surface area (Å²) >= 11 is 0. The zero-order valence-electron chi connectivity index (χ0n) is 13.6. The monoisotopic (exact) mass is 266 g/mol. The number of hydrogen-bond donors (Lipinski definition) is 0. The molecule has 20 heavy (non-hydrogen) atoms. The molecule has 106 valence electrons. The second-order valence-electron chi connectivity index (χ2n) is 6.37. The van der Waals surface area contributed by atoms with Crippen molar-refractivity contribution in [2.75, 3.05) is 0 Å². The van der Waals surface area contributed by atoms with Crippen molar-refractivity contribution >= 4 is 0 Å². The molecule has 0 nitrogen and oxygen atoms in total. The Balaban J connectivity index is 2.70. The average Bonchev–Trinajstić information content (AvgIpc) is 2.37. The minimum absolute atomic E-state index is 0.549. The molecule has 0 fully saturated rings. The molecule has 0 bridgehead atoms. The van der Waals surface area contributed by atoms with Gasteiger partial charge in [0.25, 0.3) is 0 Å². The van der Waals surface area contributed by atoms with E-state index in [1.807, 2.05) is 0 Å². The van der Waals surface area contributed by atoms with E-state index in [-0.39, 0.29) is 0 Å². The molecule has 0 heterocycles. The summed E-state index contributed by atoms with van der Waals surface area (Å²) in [6.07, 6.45) is 0. The number of aryl methyl sites for hydroxylation is 1. The van der Waals surface area contributed by atoms with Gasteiger partial charge in [-0.05, 0) is 59.1 Å². The topological polar surface area (TPSA) is 0 Å². The summed E-state index contributed by atoms with van der Waals surface area (Å²) < 4.78 is 0. The maximum absolute atomic E-state index is 2.29. The lowest BCUT2D eigenvalue weighted by Gasteiger charge is -2.20. The van der Waals surface area contributed by atoms with Crippen molar-refractivity contribution in [1.82, 2.24) is 0 Å². The molecule has 0 N–H and O–H groups in total. The summed E-state index contributed by atoms with van der Waals surface area (Å²) in [6, 6.07) is 13.4. The summed E-state index contributed by atoms with van der Waals surface area (Å²) in [7, 11) is 0. The SMILES string of the molecule is Cc1cccc(-c2cccc(C(C)C)c2C)c1C(C)C. The molecule has 0 heteroatoms. The molecule has 0 aliphatic carbocycles. The van der Waals surface area contributed by atoms with E-state index in [9.17, 15) is 0 Å². The van der Waals surface area contributed by atoms with Crippen molar-refractivity contribution in [3.8, 4) is 11.1 Å². The van der Waals surface area contributed by atoms with Crippen molar-refractivity contribution in [2.45, 2.75) is 53.4 Å². The highest BCUT2D eigenvalue weighted by molar-refractivity contribution is 5.73. The van der Waals surface area contributed by atoms with Gasteiger partial charge in [-0.25, -0.2) is 0 Å². The normalized spacial score (nSPS) is 11.4. The van der Waals surface area contributed by atoms with Crippen LogP contribution in [0.4, 0.5) is 0 Å². The second kappa shape index (κ2) is 5.83. The Morgan fingerprint density at radius 2 is 1.30 bits per heavy atom. The van der Waals surface area contributed by atoms with Crippen LogP contribution in [0, 0.1) is 13.8 Å². The van der Waals surface area contributed by atoms with Crippen LogP contribution in [-0.2, 0) is 0 Å². The Morgan fingerprint density at radius 1 is 0.700 bits per heavy atom. The van der Waals surface area contributed by atoms with Gasteiger partial charge in [-0.2, -0.15) is 0 Å². The minimum atomic E-state index is 0.549. The lowest BCUT2D eigenvalue weighted by atomic mass is 9.85. The molecular formula is C20H26. The minimum Gasteiger partial charge on any atom is -0.0614 e. The molecule has 0 aliphatic rings. The molecule has 0 aliphatic heterocycles. The largest absolute Gasteiger partial charge is 0.0614 e. The Morgan fingerprint density at radius 3 is 1.90 bits per heavy atom. The molecule has 0 saturated heterocycles. The van der Waals surface area contributed by atoms with Gasteiger partial charge in [0.2, 0.25) is 0 Å². The molecule has 0 atom stereocenters. The van der Waals surface area contributed by atoms with Crippen molar-refractivity contribution in [2.24, 2.45) is 0 Å². The van der Waals surface area contributed by atoms with E-state index in [0.29, 0.717) is 11.8 Å². The highest BCUT2D eigenvalue weighted by atomic mass is 14.2. The number of hydrogen-bond acceptors (Lipinski definition) is 0. The van der Waals surface area contributed by atoms with Gasteiger partial charge in [-0.1, -0.05) is 64.1 Å². The smallest absolute Gasteiger partial charge is 0.0144 e. The van der Waals surface area contributed by atoms with E-state index in [4.69, 9.17) is 0 Å². The van der Waals surface area contributed by atoms with Crippen LogP contribution < -0.4 is 0 Å². The second-order valence-corrected chi connectivity index (χ2v) is 6.37. The fourth-order valence-electron chi connectivity index (χ4n) is 3.25. The fraction of sp³-hybridized carbons (Fsp3) is 0.400. The molecule has 0 unspecified atom stereocenters. The highest BCUT2D eigenvalue weighted by Crippen LogP contribution is 2.35. The lowest BCUT2D eigenvalue weighted by Crippen LogP contribution is -2.00. The zero-order valence-corrected chi connectivity index (χ0v) is 13.6. The van der Waals surface area contributed by atoms with E-state index in [1.165, 1.54) is 33.4 Å². The van der Waals surface area contributed by atoms with Gasteiger partial charge < -0.3 is 0 Å². The van der Waals surface area contributed by atoms with Crippen molar-refractivity contribution in [3.05, 3.63) is 58.7 Å². The first-order chi connectivity index (χ1) is 9.43. The number of benzene rings is 2. The Kier molecular flexibility index (Phi) is 4.32. The summed E-state index contributed by atoms with van der Waals surface area (Å²) in [5.74, 6) is 1.12. The summed E-state index contributed by atoms with van der Waals surface area (Å²) in [5, 5.41) is 0. The van der Waals surface area contributed by atoms with E-state index in [0.717, 1.165) is 0 Å². The predicted octanol–water partition coefficient (Wildman–Crippen LogP) is 6.22. The molecule has 0 aromatic heterocycles. The first-order valence-electron chi connectivity index (χ1n) is 7.62. The molecule has 0 spiro atoms. The van der Waals surface area contributed by atoms with Gasteiger partial charge >= 0.3 is 0 Å². The number of rotatable bonds is 3. The van der Waals surface area contributed by atoms with Crippen LogP contribution in [0.15, 0.2) is 36.4 Å². The molecule has 2 aromatic carbocycles. The standard InChI is InChI=1S/C20H26/c1-13(2)17-10-8-11-18(16(17)6)19-12-7-9-15(5)20(19)14(3)4/h7-14H,1-6H3. The van der Waals surface area contributed by atoms with Gasteiger partial charge in [0.1, 0.15) is 0 Å². The zero-order chi connectivity index (χ0) is 14.9. The predicted molar refractivity (Wildman–Crippen MR) is 89.5 cm³/mol. The van der Waals surface area contributed by atoms with Gasteiger partial charge in [0.15, 0.2) is 0 Å². The van der Waals surface area contributed by atoms with E-state index >= 15 is 0 Å². The molecule has 0 saturated carbocycles. The highest BCUT2D eigenvalue weighted by Gasteiger charge is 2.14. The molecule has 2 rings (SSSR count). The quantitative estimate of drug-likeness (QED) is 0.619. The first-order valence-corrected chi connectivity index (χ1v) is 7.62. The summed E-state index contributed by atoms with van der Waals surface area (Å²) in [5.41, 5.74) is 8.56. The van der Waals surface area contributed by atoms with Gasteiger partial charge in [-0.15, -0.1) is 0 Å². The maximum atomic E-state index is 2.29. The van der Waals surface area contributed by atoms with E-state index in [1.54, 1.807) is 0 Å². The average molecular weight is 266 g/mol. The van der Waals surface area contributed by atoms with Gasteiger partial charge in [0, 0.05) is 0 Å². The first kappa shape index (κ1) is 14.8. The van der Waals surface area contributed by atoms with E-state index in [2.05, 4.69) is 77.9 Å². The van der Waals surface area contributed by atoms with E-state index < -0.39 is 0 Å². The maximum Gasteiger partial charge on any atom is -0.0144 e. The van der Waals surface area contributed by atoms with Crippen LogP contribution in [0.25, 0.3) is 11.1 Å². The van der Waals surface area contributed by atoms with Crippen LogP contribution in [0.5, 0.6) is 0 Å². The molecule has 0 amide bonds. The third-order valence-corrected chi connectivity index (χ3v) is 4.19. The fourth-order valence-corrected chi connectivity index (χ4v) is 3.25. The third-order valence-electron chi connectivity index (χ3n) is 4.19. The van der Waals surface area contributed by atoms with Crippen molar-refractivity contribution < 1.29 is 0 Å². The van der Waals surface area contributed by atoms with Gasteiger partial charge in [0.05, 0.1) is 0 Å².